The van der Waals surface area contributed by atoms with Crippen LogP contribution in [0.25, 0.3) is 0 Å². The van der Waals surface area contributed by atoms with Crippen molar-refractivity contribution >= 4 is 23.5 Å². The summed E-state index contributed by atoms with van der Waals surface area (Å²) >= 11 is 0. The van der Waals surface area contributed by atoms with Crippen LogP contribution in [0.3, 0.4) is 0 Å². The predicted octanol–water partition coefficient (Wildman–Crippen LogP) is 5.12. The molecule has 0 aromatic heterocycles. The Kier molecular flexibility index (Phi) is 22.8. The number of rotatable bonds is 16. The van der Waals surface area contributed by atoms with Gasteiger partial charge in [0.1, 0.15) is 0 Å². The van der Waals surface area contributed by atoms with Crippen LogP contribution in [0.2, 0.25) is 0 Å². The van der Waals surface area contributed by atoms with Gasteiger partial charge in [-0.15, -0.1) is 0 Å². The molecule has 0 radical (unpaired) electrons. The molecule has 2 rings (SSSR count). The molecule has 2 aromatic rings. The number of aliphatic imine (C=N–C) groups is 1. The lowest BCUT2D eigenvalue weighted by Crippen LogP contribution is -2.38. The molecule has 1 unspecified atom stereocenters. The zero-order chi connectivity index (χ0) is 33.3. The smallest absolute Gasteiger partial charge is 0.239 e. The minimum absolute atomic E-state index is 0.0227. The molecule has 0 aliphatic carbocycles. The fourth-order valence-electron chi connectivity index (χ4n) is 3.77. The third-order valence-corrected chi connectivity index (χ3v) is 6.06. The minimum atomic E-state index is -0.927. The molecule has 0 spiro atoms. The standard InChI is InChI=1S/C18H21F2N3O2.C14H27N3.C2H6/c1-21-15-7-2-3-8-16(15)23(12-17(25)22-9-10-24)11-13-5-4-6-14(19)18(13)20;1-6-14(12-15-3)8-7-13(2)11-16-9-10-17(4)5;1-2/h2-8,21,24H,9-12H2,1H3,(H,22,25);6-8,11,13,15H,9-10,12H2,1-5H3;1-2H3/b;8-7-,14-6+,16-11?;. The van der Waals surface area contributed by atoms with Crippen LogP contribution < -0.4 is 20.9 Å². The van der Waals surface area contributed by atoms with Crippen molar-refractivity contribution in [1.82, 2.24) is 15.5 Å². The molecule has 1 amide bonds. The number of likely N-dealkylation sites (N-methyl/N-ethyl adjacent to an activating group) is 2. The summed E-state index contributed by atoms with van der Waals surface area (Å²) in [4.78, 5) is 20.3. The zero-order valence-corrected chi connectivity index (χ0v) is 27.8. The van der Waals surface area contributed by atoms with Crippen molar-refractivity contribution in [3.8, 4) is 0 Å². The van der Waals surface area contributed by atoms with Gasteiger partial charge in [-0.05, 0) is 51.8 Å². The van der Waals surface area contributed by atoms with E-state index in [4.69, 9.17) is 5.11 Å². The van der Waals surface area contributed by atoms with E-state index in [0.29, 0.717) is 11.6 Å². The first kappa shape index (κ1) is 40.4. The Labute approximate surface area is 264 Å². The first-order chi connectivity index (χ1) is 21.2. The van der Waals surface area contributed by atoms with Crippen molar-refractivity contribution < 1.29 is 18.7 Å². The Bertz CT molecular complexity index is 1150. The van der Waals surface area contributed by atoms with Gasteiger partial charge in [-0.2, -0.15) is 0 Å². The van der Waals surface area contributed by atoms with Crippen LogP contribution in [0.1, 0.15) is 33.3 Å². The van der Waals surface area contributed by atoms with E-state index in [1.807, 2.05) is 39.2 Å². The van der Waals surface area contributed by atoms with Crippen molar-refractivity contribution in [1.29, 1.82) is 0 Å². The van der Waals surface area contributed by atoms with Crippen LogP contribution in [0.4, 0.5) is 20.2 Å². The van der Waals surface area contributed by atoms with Gasteiger partial charge in [0.25, 0.3) is 0 Å². The minimum Gasteiger partial charge on any atom is -0.395 e. The molecule has 246 valence electrons. The number of para-hydroxylation sites is 2. The Morgan fingerprint density at radius 1 is 1.09 bits per heavy atom. The summed E-state index contributed by atoms with van der Waals surface area (Å²) in [6.07, 6.45) is 8.50. The summed E-state index contributed by atoms with van der Waals surface area (Å²) in [5.41, 5.74) is 2.91. The summed E-state index contributed by atoms with van der Waals surface area (Å²) in [6, 6.07) is 11.2. The fraction of sp³-hybridized carbons (Fsp3) is 0.471. The number of carbonyl (C=O) groups is 1. The highest BCUT2D eigenvalue weighted by molar-refractivity contribution is 5.83. The molecule has 0 saturated carbocycles. The molecule has 0 bridgehead atoms. The number of hydrogen-bond donors (Lipinski definition) is 4. The molecule has 0 heterocycles. The number of halogens is 2. The molecule has 44 heavy (non-hydrogen) atoms. The van der Waals surface area contributed by atoms with Crippen LogP contribution in [0.5, 0.6) is 0 Å². The van der Waals surface area contributed by atoms with E-state index in [1.165, 1.54) is 17.7 Å². The number of allylic oxidation sites excluding steroid dienone is 2. The lowest BCUT2D eigenvalue weighted by Gasteiger charge is -2.27. The van der Waals surface area contributed by atoms with E-state index in [2.05, 4.69) is 72.0 Å². The van der Waals surface area contributed by atoms with Crippen LogP contribution in [0.15, 0.2) is 71.3 Å². The Balaban J connectivity index is 0.000000853. The molecule has 4 N–H and O–H groups in total. The van der Waals surface area contributed by atoms with E-state index in [9.17, 15) is 13.6 Å². The van der Waals surface area contributed by atoms with E-state index < -0.39 is 11.6 Å². The number of benzene rings is 2. The molecule has 1 atom stereocenters. The van der Waals surface area contributed by atoms with Gasteiger partial charge >= 0.3 is 0 Å². The van der Waals surface area contributed by atoms with Crippen LogP contribution >= 0.6 is 0 Å². The maximum atomic E-state index is 14.0. The van der Waals surface area contributed by atoms with Crippen molar-refractivity contribution in [2.45, 2.75) is 34.2 Å². The van der Waals surface area contributed by atoms with E-state index >= 15 is 0 Å². The Morgan fingerprint density at radius 3 is 2.41 bits per heavy atom. The predicted molar refractivity (Wildman–Crippen MR) is 183 cm³/mol. The third kappa shape index (κ3) is 16.9. The summed E-state index contributed by atoms with van der Waals surface area (Å²) in [7, 11) is 7.83. The molecule has 0 fully saturated rings. The van der Waals surface area contributed by atoms with Crippen LogP contribution in [-0.2, 0) is 11.3 Å². The van der Waals surface area contributed by atoms with Gasteiger partial charge in [0.15, 0.2) is 11.6 Å². The number of anilines is 2. The number of hydrogen-bond acceptors (Lipinski definition) is 7. The van der Waals surface area contributed by atoms with E-state index in [0.717, 1.165) is 31.4 Å². The molecule has 0 aliphatic rings. The highest BCUT2D eigenvalue weighted by Crippen LogP contribution is 2.27. The zero-order valence-electron chi connectivity index (χ0n) is 27.8. The van der Waals surface area contributed by atoms with Gasteiger partial charge in [0.05, 0.1) is 31.1 Å². The summed E-state index contributed by atoms with van der Waals surface area (Å²) < 4.78 is 27.5. The average Bonchev–Trinajstić information content (AvgIpc) is 3.03. The number of carbonyl (C=O) groups excluding carboxylic acids is 1. The summed E-state index contributed by atoms with van der Waals surface area (Å²) in [6.45, 7) is 10.9. The highest BCUT2D eigenvalue weighted by Gasteiger charge is 2.18. The van der Waals surface area contributed by atoms with E-state index in [1.54, 1.807) is 24.1 Å². The first-order valence-electron chi connectivity index (χ1n) is 15.1. The lowest BCUT2D eigenvalue weighted by molar-refractivity contribution is -0.119. The van der Waals surface area contributed by atoms with Gasteiger partial charge in [0, 0.05) is 50.9 Å². The van der Waals surface area contributed by atoms with Crippen molar-refractivity contribution in [2.24, 2.45) is 10.9 Å². The lowest BCUT2D eigenvalue weighted by atomic mass is 10.1. The molecule has 0 aliphatic heterocycles. The van der Waals surface area contributed by atoms with Gasteiger partial charge in [-0.1, -0.05) is 63.3 Å². The van der Waals surface area contributed by atoms with Crippen molar-refractivity contribution in [2.75, 3.05) is 77.7 Å². The summed E-state index contributed by atoms with van der Waals surface area (Å²) in [5.74, 6) is -1.78. The Hall–Kier alpha value is -3.60. The molecule has 10 heteroatoms. The van der Waals surface area contributed by atoms with Crippen LogP contribution in [0, 0.1) is 17.6 Å². The number of aliphatic hydroxyl groups is 1. The molecule has 0 saturated heterocycles. The van der Waals surface area contributed by atoms with Gasteiger partial charge in [0.2, 0.25) is 5.91 Å². The van der Waals surface area contributed by atoms with Gasteiger partial charge in [-0.25, -0.2) is 8.78 Å². The topological polar surface area (TPSA) is 92.2 Å². The number of amides is 1. The third-order valence-electron chi connectivity index (χ3n) is 6.06. The molecule has 2 aromatic carbocycles. The average molecular weight is 617 g/mol. The van der Waals surface area contributed by atoms with Gasteiger partial charge in [-0.3, -0.25) is 9.79 Å². The quantitative estimate of drug-likeness (QED) is 0.155. The number of nitrogens with one attached hydrogen (secondary N) is 3. The molecular formula is C34H54F2N6O2. The van der Waals surface area contributed by atoms with Crippen molar-refractivity contribution in [3.63, 3.8) is 0 Å². The fourth-order valence-corrected chi connectivity index (χ4v) is 3.77. The second-order valence-electron chi connectivity index (χ2n) is 9.88. The van der Waals surface area contributed by atoms with Crippen LogP contribution in [-0.4, -0.2) is 89.6 Å². The van der Waals surface area contributed by atoms with Crippen molar-refractivity contribution in [3.05, 3.63) is 83.5 Å². The second-order valence-corrected chi connectivity index (χ2v) is 9.88. The normalized spacial score (nSPS) is 12.0. The maximum Gasteiger partial charge on any atom is 0.239 e. The first-order valence-corrected chi connectivity index (χ1v) is 15.1. The maximum absolute atomic E-state index is 14.0. The second kappa shape index (κ2) is 24.8. The number of nitrogens with zero attached hydrogens (tertiary/aromatic N) is 3. The van der Waals surface area contributed by atoms with E-state index in [-0.39, 0.29) is 37.7 Å². The largest absolute Gasteiger partial charge is 0.395 e. The Morgan fingerprint density at radius 2 is 1.80 bits per heavy atom. The van der Waals surface area contributed by atoms with Gasteiger partial charge < -0.3 is 30.9 Å². The monoisotopic (exact) mass is 616 g/mol. The summed E-state index contributed by atoms with van der Waals surface area (Å²) in [5, 5.41) is 17.6. The number of aliphatic hydroxyl groups excluding tert-OH is 1. The SMILES string of the molecule is C/C=C(\C=C/C(C)C=NCCN(C)C)CNC.CC.CNc1ccccc1N(CC(=O)NCCO)Cc1cccc(F)c1F. The molecular weight excluding hydrogens is 562 g/mol. The highest BCUT2D eigenvalue weighted by atomic mass is 19.2. The molecule has 8 nitrogen and oxygen atoms in total.